The predicted octanol–water partition coefficient (Wildman–Crippen LogP) is 2.91. The van der Waals surface area contributed by atoms with E-state index in [1.54, 1.807) is 6.07 Å². The van der Waals surface area contributed by atoms with Crippen molar-refractivity contribution in [3.05, 3.63) is 34.1 Å². The Hall–Kier alpha value is -1.32. The van der Waals surface area contributed by atoms with Crippen LogP contribution in [0.25, 0.3) is 0 Å². The molecule has 0 radical (unpaired) electrons. The van der Waals surface area contributed by atoms with Gasteiger partial charge in [-0.1, -0.05) is 15.9 Å². The largest absolute Gasteiger partial charge is 0.309 e. The van der Waals surface area contributed by atoms with Crippen LogP contribution in [0.3, 0.4) is 0 Å². The van der Waals surface area contributed by atoms with E-state index in [0.717, 1.165) is 20.3 Å². The Balaban J connectivity index is 2.39. The first-order chi connectivity index (χ1) is 8.11. The second-order valence-corrected chi connectivity index (χ2v) is 5.37. The fraction of sp³-hybridized carbons (Fsp3) is 0.182. The van der Waals surface area contributed by atoms with Crippen LogP contribution in [0, 0.1) is 18.3 Å². The van der Waals surface area contributed by atoms with Gasteiger partial charge in [-0.3, -0.25) is 0 Å². The summed E-state index contributed by atoms with van der Waals surface area (Å²) in [4.78, 5) is 0.873. The summed E-state index contributed by atoms with van der Waals surface area (Å²) in [6, 6.07) is 7.72. The van der Waals surface area contributed by atoms with E-state index in [-0.39, 0.29) is 0 Å². The number of rotatable bonds is 2. The second-order valence-electron chi connectivity index (χ2n) is 3.44. The summed E-state index contributed by atoms with van der Waals surface area (Å²) < 4.78 is 2.84. The lowest BCUT2D eigenvalue weighted by molar-refractivity contribution is 0.765. The third-order valence-corrected chi connectivity index (χ3v) is 3.91. The molecule has 1 heterocycles. The van der Waals surface area contributed by atoms with Crippen molar-refractivity contribution in [3.63, 3.8) is 0 Å². The molecule has 1 aromatic heterocycles. The van der Waals surface area contributed by atoms with E-state index in [1.807, 2.05) is 30.7 Å². The standard InChI is InChI=1S/C11H9BrN4S/c1-7-14-15-11(16(7)2)17-10-5-9(12)4-3-8(10)6-13/h3-5H,1-2H3. The molecule has 0 aliphatic rings. The molecule has 0 aliphatic heterocycles. The Kier molecular flexibility index (Phi) is 3.50. The van der Waals surface area contributed by atoms with Crippen molar-refractivity contribution in [1.29, 1.82) is 5.26 Å². The maximum Gasteiger partial charge on any atom is 0.195 e. The summed E-state index contributed by atoms with van der Waals surface area (Å²) in [5.41, 5.74) is 0.638. The lowest BCUT2D eigenvalue weighted by Crippen LogP contribution is -1.93. The zero-order chi connectivity index (χ0) is 12.4. The van der Waals surface area contributed by atoms with Crippen molar-refractivity contribution in [2.45, 2.75) is 17.0 Å². The maximum atomic E-state index is 9.04. The van der Waals surface area contributed by atoms with E-state index in [1.165, 1.54) is 11.8 Å². The first-order valence-corrected chi connectivity index (χ1v) is 6.46. The highest BCUT2D eigenvalue weighted by atomic mass is 79.9. The number of aryl methyl sites for hydroxylation is 1. The lowest BCUT2D eigenvalue weighted by atomic mass is 10.2. The van der Waals surface area contributed by atoms with Gasteiger partial charge in [0.2, 0.25) is 0 Å². The molecule has 1 aromatic carbocycles. The van der Waals surface area contributed by atoms with Gasteiger partial charge in [0, 0.05) is 16.4 Å². The molecular weight excluding hydrogens is 300 g/mol. The molecule has 86 valence electrons. The van der Waals surface area contributed by atoms with Crippen LogP contribution in [0.2, 0.25) is 0 Å². The van der Waals surface area contributed by atoms with Crippen LogP contribution in [0.1, 0.15) is 11.4 Å². The van der Waals surface area contributed by atoms with Crippen molar-refractivity contribution in [2.24, 2.45) is 7.05 Å². The Bertz CT molecular complexity index is 600. The molecule has 4 nitrogen and oxygen atoms in total. The van der Waals surface area contributed by atoms with Gasteiger partial charge in [-0.2, -0.15) is 5.26 Å². The normalized spacial score (nSPS) is 10.2. The number of nitriles is 1. The molecule has 0 bridgehead atoms. The number of halogens is 1. The zero-order valence-corrected chi connectivity index (χ0v) is 11.7. The van der Waals surface area contributed by atoms with Crippen LogP contribution >= 0.6 is 27.7 Å². The first kappa shape index (κ1) is 12.1. The molecule has 0 N–H and O–H groups in total. The van der Waals surface area contributed by atoms with E-state index in [9.17, 15) is 0 Å². The van der Waals surface area contributed by atoms with Crippen molar-refractivity contribution in [1.82, 2.24) is 14.8 Å². The molecule has 0 saturated carbocycles. The number of hydrogen-bond acceptors (Lipinski definition) is 4. The molecule has 17 heavy (non-hydrogen) atoms. The number of nitrogens with zero attached hydrogens (tertiary/aromatic N) is 4. The van der Waals surface area contributed by atoms with Crippen LogP contribution in [-0.4, -0.2) is 14.8 Å². The average molecular weight is 309 g/mol. The Morgan fingerprint density at radius 3 is 2.76 bits per heavy atom. The Morgan fingerprint density at radius 1 is 1.41 bits per heavy atom. The summed E-state index contributed by atoms with van der Waals surface area (Å²) in [5.74, 6) is 0.848. The van der Waals surface area contributed by atoms with E-state index in [2.05, 4.69) is 32.2 Å². The molecule has 0 fully saturated rings. The molecule has 0 amide bonds. The number of benzene rings is 1. The van der Waals surface area contributed by atoms with Gasteiger partial charge in [0.05, 0.1) is 5.56 Å². The first-order valence-electron chi connectivity index (χ1n) is 4.85. The van der Waals surface area contributed by atoms with Crippen molar-refractivity contribution < 1.29 is 0 Å². The molecule has 0 atom stereocenters. The summed E-state index contributed by atoms with van der Waals surface area (Å²) >= 11 is 4.83. The molecule has 6 heteroatoms. The van der Waals surface area contributed by atoms with E-state index in [4.69, 9.17) is 5.26 Å². The van der Waals surface area contributed by atoms with Gasteiger partial charge < -0.3 is 4.57 Å². The van der Waals surface area contributed by atoms with Gasteiger partial charge in [0.25, 0.3) is 0 Å². The van der Waals surface area contributed by atoms with Gasteiger partial charge in [-0.05, 0) is 36.9 Å². The minimum Gasteiger partial charge on any atom is -0.309 e. The third kappa shape index (κ3) is 2.51. The van der Waals surface area contributed by atoms with Crippen LogP contribution in [0.4, 0.5) is 0 Å². The van der Waals surface area contributed by atoms with E-state index in [0.29, 0.717) is 5.56 Å². The summed E-state index contributed by atoms with van der Waals surface area (Å²) in [6.07, 6.45) is 0. The molecule has 0 aliphatic carbocycles. The van der Waals surface area contributed by atoms with Crippen molar-refractivity contribution in [3.8, 4) is 6.07 Å². The van der Waals surface area contributed by atoms with Gasteiger partial charge in [-0.15, -0.1) is 10.2 Å². The molecule has 0 saturated heterocycles. The van der Waals surface area contributed by atoms with Crippen LogP contribution in [-0.2, 0) is 7.05 Å². The number of hydrogen-bond donors (Lipinski definition) is 0. The van der Waals surface area contributed by atoms with Gasteiger partial charge in [-0.25, -0.2) is 0 Å². The zero-order valence-electron chi connectivity index (χ0n) is 9.31. The highest BCUT2D eigenvalue weighted by Gasteiger charge is 2.10. The minimum atomic E-state index is 0.638. The van der Waals surface area contributed by atoms with Crippen LogP contribution < -0.4 is 0 Å². The number of aromatic nitrogens is 3. The second kappa shape index (κ2) is 4.90. The van der Waals surface area contributed by atoms with Crippen molar-refractivity contribution >= 4 is 27.7 Å². The van der Waals surface area contributed by atoms with E-state index >= 15 is 0 Å². The van der Waals surface area contributed by atoms with Gasteiger partial charge in [0.15, 0.2) is 5.16 Å². The predicted molar refractivity (Wildman–Crippen MR) is 68.7 cm³/mol. The lowest BCUT2D eigenvalue weighted by Gasteiger charge is -2.04. The van der Waals surface area contributed by atoms with Crippen molar-refractivity contribution in [2.75, 3.05) is 0 Å². The average Bonchev–Trinajstić information content (AvgIpc) is 2.61. The van der Waals surface area contributed by atoms with Gasteiger partial charge >= 0.3 is 0 Å². The molecule has 0 spiro atoms. The third-order valence-electron chi connectivity index (χ3n) is 2.32. The Labute approximate surface area is 112 Å². The topological polar surface area (TPSA) is 54.5 Å². The monoisotopic (exact) mass is 308 g/mol. The van der Waals surface area contributed by atoms with E-state index < -0.39 is 0 Å². The molecule has 2 rings (SSSR count). The fourth-order valence-electron chi connectivity index (χ4n) is 1.25. The summed E-state index contributed by atoms with van der Waals surface area (Å²) in [5, 5.41) is 17.9. The SMILES string of the molecule is Cc1nnc(Sc2cc(Br)ccc2C#N)n1C. The summed E-state index contributed by atoms with van der Waals surface area (Å²) in [6.45, 7) is 1.89. The summed E-state index contributed by atoms with van der Waals surface area (Å²) in [7, 11) is 1.90. The molecular formula is C11H9BrN4S. The highest BCUT2D eigenvalue weighted by Crippen LogP contribution is 2.31. The quantitative estimate of drug-likeness (QED) is 0.856. The van der Waals surface area contributed by atoms with Crippen LogP contribution in [0.5, 0.6) is 0 Å². The minimum absolute atomic E-state index is 0.638. The van der Waals surface area contributed by atoms with Crippen LogP contribution in [0.15, 0.2) is 32.7 Å². The Morgan fingerprint density at radius 2 is 2.18 bits per heavy atom. The molecule has 2 aromatic rings. The highest BCUT2D eigenvalue weighted by molar-refractivity contribution is 9.10. The smallest absolute Gasteiger partial charge is 0.195 e. The molecule has 0 unspecified atom stereocenters. The van der Waals surface area contributed by atoms with Gasteiger partial charge in [0.1, 0.15) is 11.9 Å². The maximum absolute atomic E-state index is 9.04. The fourth-order valence-corrected chi connectivity index (χ4v) is 2.72.